The zero-order chi connectivity index (χ0) is 23.8. The number of rotatable bonds is 5. The summed E-state index contributed by atoms with van der Waals surface area (Å²) in [5.74, 6) is -1.21. The highest BCUT2D eigenvalue weighted by atomic mass is 16.5. The Morgan fingerprint density at radius 3 is 2.21 bits per heavy atom. The lowest BCUT2D eigenvalue weighted by Gasteiger charge is -2.19. The summed E-state index contributed by atoms with van der Waals surface area (Å²) in [7, 11) is 1.57. The molecular weight excluding hydrogens is 436 g/mol. The van der Waals surface area contributed by atoms with Crippen LogP contribution in [0.25, 0.3) is 0 Å². The van der Waals surface area contributed by atoms with E-state index in [0.29, 0.717) is 17.1 Å². The molecule has 3 amide bonds. The Bertz CT molecular complexity index is 1120. The van der Waals surface area contributed by atoms with Gasteiger partial charge in [0.1, 0.15) is 11.5 Å². The first-order valence-corrected chi connectivity index (χ1v) is 11.6. The van der Waals surface area contributed by atoms with E-state index in [1.54, 1.807) is 60.5 Å². The van der Waals surface area contributed by atoms with E-state index in [2.05, 4.69) is 0 Å². The summed E-state index contributed by atoms with van der Waals surface area (Å²) in [5, 5.41) is 0. The second kappa shape index (κ2) is 8.93. The summed E-state index contributed by atoms with van der Waals surface area (Å²) < 4.78 is 10.7. The number of hydrogen-bond acceptors (Lipinski definition) is 6. The monoisotopic (exact) mass is 462 g/mol. The number of nitrogens with zero attached hydrogens (tertiary/aromatic N) is 2. The van der Waals surface area contributed by atoms with Gasteiger partial charge < -0.3 is 14.4 Å². The summed E-state index contributed by atoms with van der Waals surface area (Å²) in [5.41, 5.74) is 1.10. The molecule has 0 spiro atoms. The SMILES string of the molecule is COc1ccc(N2C[C@@H](C(=O)Oc3cccc(N4C(=O)[C@H]5CCCC[C@H]5C4=O)c3)CC2=O)cc1. The number of fused-ring (bicyclic) bond motifs is 1. The van der Waals surface area contributed by atoms with Crippen molar-refractivity contribution < 1.29 is 28.7 Å². The fourth-order valence-corrected chi connectivity index (χ4v) is 5.18. The third-order valence-corrected chi connectivity index (χ3v) is 6.98. The minimum Gasteiger partial charge on any atom is -0.497 e. The smallest absolute Gasteiger partial charge is 0.316 e. The van der Waals surface area contributed by atoms with Crippen molar-refractivity contribution in [2.45, 2.75) is 32.1 Å². The van der Waals surface area contributed by atoms with Crippen molar-refractivity contribution in [1.82, 2.24) is 0 Å². The molecule has 0 N–H and O–H groups in total. The number of carbonyl (C=O) groups is 4. The van der Waals surface area contributed by atoms with Crippen LogP contribution in [0, 0.1) is 17.8 Å². The Labute approximate surface area is 197 Å². The second-order valence-electron chi connectivity index (χ2n) is 9.03. The number of carbonyl (C=O) groups excluding carboxylic acids is 4. The van der Waals surface area contributed by atoms with Crippen molar-refractivity contribution in [2.75, 3.05) is 23.5 Å². The van der Waals surface area contributed by atoms with Gasteiger partial charge in [0.2, 0.25) is 17.7 Å². The maximum atomic E-state index is 12.9. The van der Waals surface area contributed by atoms with Crippen molar-refractivity contribution >= 4 is 35.1 Å². The molecule has 2 aliphatic heterocycles. The Balaban J connectivity index is 1.27. The Hall–Kier alpha value is -3.68. The van der Waals surface area contributed by atoms with Crippen LogP contribution in [-0.4, -0.2) is 37.3 Å². The number of imide groups is 1. The van der Waals surface area contributed by atoms with E-state index < -0.39 is 11.9 Å². The molecule has 1 aliphatic carbocycles. The minimum atomic E-state index is -0.615. The first-order valence-electron chi connectivity index (χ1n) is 11.6. The fraction of sp³-hybridized carbons (Fsp3) is 0.385. The van der Waals surface area contributed by atoms with Gasteiger partial charge in [-0.05, 0) is 49.2 Å². The highest BCUT2D eigenvalue weighted by Gasteiger charge is 2.48. The molecule has 2 aromatic rings. The number of esters is 1. The molecule has 8 nitrogen and oxygen atoms in total. The van der Waals surface area contributed by atoms with Crippen LogP contribution in [0.1, 0.15) is 32.1 Å². The van der Waals surface area contributed by atoms with Crippen LogP contribution in [0.15, 0.2) is 48.5 Å². The van der Waals surface area contributed by atoms with E-state index in [1.165, 1.54) is 4.90 Å². The lowest BCUT2D eigenvalue weighted by Crippen LogP contribution is -2.31. The van der Waals surface area contributed by atoms with Gasteiger partial charge in [0.05, 0.1) is 30.6 Å². The van der Waals surface area contributed by atoms with Gasteiger partial charge in [0.15, 0.2) is 0 Å². The third-order valence-electron chi connectivity index (χ3n) is 6.98. The number of ether oxygens (including phenoxy) is 2. The fourth-order valence-electron chi connectivity index (χ4n) is 5.18. The van der Waals surface area contributed by atoms with Crippen molar-refractivity contribution in [2.24, 2.45) is 17.8 Å². The number of hydrogen-bond donors (Lipinski definition) is 0. The number of benzene rings is 2. The maximum Gasteiger partial charge on any atom is 0.316 e. The predicted octanol–water partition coefficient (Wildman–Crippen LogP) is 3.33. The molecule has 0 radical (unpaired) electrons. The van der Waals surface area contributed by atoms with Crippen LogP contribution in [-0.2, 0) is 19.2 Å². The van der Waals surface area contributed by atoms with Gasteiger partial charge in [-0.3, -0.25) is 19.2 Å². The average Bonchev–Trinajstić information content (AvgIpc) is 3.37. The van der Waals surface area contributed by atoms with Gasteiger partial charge in [-0.15, -0.1) is 0 Å². The highest BCUT2D eigenvalue weighted by Crippen LogP contribution is 2.40. The van der Waals surface area contributed by atoms with Gasteiger partial charge >= 0.3 is 5.97 Å². The first-order chi connectivity index (χ1) is 16.5. The van der Waals surface area contributed by atoms with Gasteiger partial charge in [0.25, 0.3) is 0 Å². The molecule has 2 saturated heterocycles. The Morgan fingerprint density at radius 1 is 0.882 bits per heavy atom. The normalized spacial score (nSPS) is 24.4. The zero-order valence-electron chi connectivity index (χ0n) is 18.9. The first kappa shape index (κ1) is 22.1. The van der Waals surface area contributed by atoms with Crippen LogP contribution in [0.2, 0.25) is 0 Å². The van der Waals surface area contributed by atoms with E-state index in [4.69, 9.17) is 9.47 Å². The minimum absolute atomic E-state index is 0.0526. The maximum absolute atomic E-state index is 12.9. The van der Waals surface area contributed by atoms with E-state index >= 15 is 0 Å². The summed E-state index contributed by atoms with van der Waals surface area (Å²) in [6.45, 7) is 0.218. The molecule has 0 aromatic heterocycles. The van der Waals surface area contributed by atoms with Crippen LogP contribution in [0.3, 0.4) is 0 Å². The molecular formula is C26H26N2O6. The molecule has 8 heteroatoms. The van der Waals surface area contributed by atoms with Crippen LogP contribution >= 0.6 is 0 Å². The lowest BCUT2D eigenvalue weighted by molar-refractivity contribution is -0.139. The van der Waals surface area contributed by atoms with Crippen molar-refractivity contribution in [3.8, 4) is 11.5 Å². The standard InChI is InChI=1S/C26H26N2O6/c1-33-19-11-9-17(10-12-19)27-15-16(13-23(27)29)26(32)34-20-6-4-5-18(14-20)28-24(30)21-7-2-3-8-22(21)25(28)31/h4-6,9-12,14,16,21-22H,2-3,7-8,13,15H2,1H3/t16-,21-,22+/m0/s1. The Kier molecular flexibility index (Phi) is 5.81. The van der Waals surface area contributed by atoms with Gasteiger partial charge in [0, 0.05) is 24.7 Å². The number of methoxy groups -OCH3 is 1. The van der Waals surface area contributed by atoms with E-state index in [1.807, 2.05) is 0 Å². The number of amides is 3. The molecule has 0 bridgehead atoms. The van der Waals surface area contributed by atoms with Crippen LogP contribution < -0.4 is 19.3 Å². The highest BCUT2D eigenvalue weighted by molar-refractivity contribution is 6.22. The average molecular weight is 463 g/mol. The molecule has 1 saturated carbocycles. The molecule has 3 atom stereocenters. The summed E-state index contributed by atoms with van der Waals surface area (Å²) in [6.07, 6.45) is 3.44. The molecule has 176 valence electrons. The largest absolute Gasteiger partial charge is 0.497 e. The summed E-state index contributed by atoms with van der Waals surface area (Å²) >= 11 is 0. The molecule has 5 rings (SSSR count). The second-order valence-corrected chi connectivity index (χ2v) is 9.03. The lowest BCUT2D eigenvalue weighted by atomic mass is 9.81. The molecule has 2 aromatic carbocycles. The number of anilines is 2. The van der Waals surface area contributed by atoms with Crippen molar-refractivity contribution in [3.05, 3.63) is 48.5 Å². The van der Waals surface area contributed by atoms with E-state index in [-0.39, 0.29) is 48.3 Å². The van der Waals surface area contributed by atoms with Crippen LogP contribution in [0.4, 0.5) is 11.4 Å². The van der Waals surface area contributed by atoms with E-state index in [0.717, 1.165) is 25.7 Å². The predicted molar refractivity (Wildman–Crippen MR) is 123 cm³/mol. The topological polar surface area (TPSA) is 93.2 Å². The molecule has 3 aliphatic rings. The molecule has 34 heavy (non-hydrogen) atoms. The van der Waals surface area contributed by atoms with Crippen molar-refractivity contribution in [1.29, 1.82) is 0 Å². The quantitative estimate of drug-likeness (QED) is 0.384. The zero-order valence-corrected chi connectivity index (χ0v) is 18.9. The third kappa shape index (κ3) is 3.93. The molecule has 0 unspecified atom stereocenters. The summed E-state index contributed by atoms with van der Waals surface area (Å²) in [6, 6.07) is 13.6. The Morgan fingerprint density at radius 2 is 1.56 bits per heavy atom. The van der Waals surface area contributed by atoms with Crippen LogP contribution in [0.5, 0.6) is 11.5 Å². The van der Waals surface area contributed by atoms with Gasteiger partial charge in [-0.25, -0.2) is 4.90 Å². The summed E-state index contributed by atoms with van der Waals surface area (Å²) in [4.78, 5) is 53.9. The van der Waals surface area contributed by atoms with Crippen molar-refractivity contribution in [3.63, 3.8) is 0 Å². The molecule has 2 heterocycles. The molecule has 3 fully saturated rings. The van der Waals surface area contributed by atoms with Gasteiger partial charge in [-0.1, -0.05) is 18.9 Å². The van der Waals surface area contributed by atoms with Gasteiger partial charge in [-0.2, -0.15) is 0 Å². The van der Waals surface area contributed by atoms with E-state index in [9.17, 15) is 19.2 Å².